The van der Waals surface area contributed by atoms with Crippen molar-refractivity contribution in [2.45, 2.75) is 6.04 Å². The van der Waals surface area contributed by atoms with E-state index < -0.39 is 0 Å². The predicted molar refractivity (Wildman–Crippen MR) is 57.1 cm³/mol. The first-order valence-electron chi connectivity index (χ1n) is 4.96. The lowest BCUT2D eigenvalue weighted by molar-refractivity contribution is -0.133. The van der Waals surface area contributed by atoms with Crippen molar-refractivity contribution in [2.75, 3.05) is 40.3 Å². The van der Waals surface area contributed by atoms with Gasteiger partial charge in [-0.05, 0) is 14.1 Å². The lowest BCUT2D eigenvalue weighted by Gasteiger charge is -2.33. The normalized spacial score (nSPS) is 20.6. The number of carbonyl (C=O) groups excluding carboxylic acids is 1. The third kappa shape index (κ3) is 2.56. The van der Waals surface area contributed by atoms with Gasteiger partial charge in [-0.15, -0.1) is 6.58 Å². The number of carbonyl (C=O) groups is 1. The second kappa shape index (κ2) is 5.12. The summed E-state index contributed by atoms with van der Waals surface area (Å²) in [5.41, 5.74) is 0. The first-order chi connectivity index (χ1) is 6.69. The van der Waals surface area contributed by atoms with Crippen LogP contribution in [0.2, 0.25) is 0 Å². The molecule has 0 radical (unpaired) electrons. The molecule has 0 unspecified atom stereocenters. The summed E-state index contributed by atoms with van der Waals surface area (Å²) in [5.74, 6) is 0.135. The van der Waals surface area contributed by atoms with Gasteiger partial charge in [-0.2, -0.15) is 0 Å². The van der Waals surface area contributed by atoms with Crippen molar-refractivity contribution in [1.29, 1.82) is 0 Å². The Morgan fingerprint density at radius 3 is 2.43 bits per heavy atom. The molecular formula is C10H19N3O. The lowest BCUT2D eigenvalue weighted by Crippen LogP contribution is -2.52. The summed E-state index contributed by atoms with van der Waals surface area (Å²) in [6.07, 6.45) is 1.65. The Morgan fingerprint density at radius 2 is 2.00 bits per heavy atom. The molecule has 14 heavy (non-hydrogen) atoms. The highest BCUT2D eigenvalue weighted by Crippen LogP contribution is 2.02. The van der Waals surface area contributed by atoms with Crippen LogP contribution in [0.1, 0.15) is 0 Å². The highest BCUT2D eigenvalue weighted by atomic mass is 16.2. The fourth-order valence-corrected chi connectivity index (χ4v) is 1.57. The molecule has 0 bridgehead atoms. The smallest absolute Gasteiger partial charge is 0.243 e. The van der Waals surface area contributed by atoms with Gasteiger partial charge < -0.3 is 15.1 Å². The Balaban J connectivity index is 2.48. The van der Waals surface area contributed by atoms with E-state index in [1.807, 2.05) is 4.90 Å². The Morgan fingerprint density at radius 1 is 1.43 bits per heavy atom. The van der Waals surface area contributed by atoms with E-state index in [-0.39, 0.29) is 11.9 Å². The van der Waals surface area contributed by atoms with Gasteiger partial charge in [-0.3, -0.25) is 4.79 Å². The van der Waals surface area contributed by atoms with Crippen LogP contribution < -0.4 is 5.32 Å². The first kappa shape index (κ1) is 11.2. The fourth-order valence-electron chi connectivity index (χ4n) is 1.57. The van der Waals surface area contributed by atoms with Crippen LogP contribution >= 0.6 is 0 Å². The van der Waals surface area contributed by atoms with Gasteiger partial charge in [0.25, 0.3) is 0 Å². The molecular weight excluding hydrogens is 178 g/mol. The Hall–Kier alpha value is -0.870. The van der Waals surface area contributed by atoms with E-state index in [1.165, 1.54) is 0 Å². The summed E-state index contributed by atoms with van der Waals surface area (Å²) in [7, 11) is 3.85. The first-order valence-corrected chi connectivity index (χ1v) is 4.96. The van der Waals surface area contributed by atoms with Crippen LogP contribution in [0.5, 0.6) is 0 Å². The van der Waals surface area contributed by atoms with E-state index in [2.05, 4.69) is 23.8 Å². The number of amides is 1. The second-order valence-electron chi connectivity index (χ2n) is 3.63. The second-order valence-corrected chi connectivity index (χ2v) is 3.63. The zero-order chi connectivity index (χ0) is 10.6. The molecule has 1 aliphatic heterocycles. The summed E-state index contributed by atoms with van der Waals surface area (Å²) in [6.45, 7) is 7.20. The molecule has 0 saturated carbocycles. The molecule has 1 saturated heterocycles. The fraction of sp³-hybridized carbons (Fsp3) is 0.700. The largest absolute Gasteiger partial charge is 0.338 e. The van der Waals surface area contributed by atoms with Crippen molar-refractivity contribution in [3.8, 4) is 0 Å². The maximum absolute atomic E-state index is 11.8. The van der Waals surface area contributed by atoms with E-state index in [0.29, 0.717) is 0 Å². The monoisotopic (exact) mass is 197 g/mol. The highest BCUT2D eigenvalue weighted by Gasteiger charge is 2.23. The molecule has 0 aliphatic carbocycles. The van der Waals surface area contributed by atoms with E-state index in [4.69, 9.17) is 0 Å². The molecule has 1 heterocycles. The van der Waals surface area contributed by atoms with Crippen LogP contribution in [-0.2, 0) is 4.79 Å². The zero-order valence-electron chi connectivity index (χ0n) is 8.99. The number of likely N-dealkylation sites (N-methyl/N-ethyl adjacent to an activating group) is 2. The number of piperazine rings is 1. The summed E-state index contributed by atoms with van der Waals surface area (Å²) < 4.78 is 0. The molecule has 0 aromatic rings. The molecule has 1 amide bonds. The van der Waals surface area contributed by atoms with E-state index in [9.17, 15) is 4.79 Å². The van der Waals surface area contributed by atoms with Gasteiger partial charge in [0.15, 0.2) is 0 Å². The molecule has 0 aromatic heterocycles. The van der Waals surface area contributed by atoms with Crippen LogP contribution in [0.3, 0.4) is 0 Å². The number of nitrogens with zero attached hydrogens (tertiary/aromatic N) is 2. The van der Waals surface area contributed by atoms with Gasteiger partial charge >= 0.3 is 0 Å². The minimum atomic E-state index is -0.238. The molecule has 4 nitrogen and oxygen atoms in total. The molecule has 4 heteroatoms. The van der Waals surface area contributed by atoms with Crippen LogP contribution in [-0.4, -0.2) is 62.0 Å². The minimum absolute atomic E-state index is 0.135. The average Bonchev–Trinajstić information content (AvgIpc) is 2.20. The number of nitrogens with one attached hydrogen (secondary N) is 1. The van der Waals surface area contributed by atoms with Crippen LogP contribution in [0.4, 0.5) is 0 Å². The van der Waals surface area contributed by atoms with Crippen molar-refractivity contribution >= 4 is 5.91 Å². The molecule has 1 atom stereocenters. The van der Waals surface area contributed by atoms with E-state index in [1.54, 1.807) is 13.1 Å². The maximum atomic E-state index is 11.8. The summed E-state index contributed by atoms with van der Waals surface area (Å²) in [5, 5.41) is 2.94. The predicted octanol–water partition coefficient (Wildman–Crippen LogP) is -0.466. The summed E-state index contributed by atoms with van der Waals surface area (Å²) in [6, 6.07) is -0.238. The van der Waals surface area contributed by atoms with Gasteiger partial charge in [0.2, 0.25) is 5.91 Å². The lowest BCUT2D eigenvalue weighted by atomic mass is 10.2. The highest BCUT2D eigenvalue weighted by molar-refractivity contribution is 5.83. The van der Waals surface area contributed by atoms with E-state index >= 15 is 0 Å². The Bertz CT molecular complexity index is 209. The quantitative estimate of drug-likeness (QED) is 0.622. The van der Waals surface area contributed by atoms with Crippen LogP contribution in [0, 0.1) is 0 Å². The molecule has 0 spiro atoms. The zero-order valence-corrected chi connectivity index (χ0v) is 8.99. The Kier molecular flexibility index (Phi) is 4.10. The van der Waals surface area contributed by atoms with Gasteiger partial charge in [0.05, 0.1) is 0 Å². The molecule has 80 valence electrons. The minimum Gasteiger partial charge on any atom is -0.338 e. The maximum Gasteiger partial charge on any atom is 0.243 e. The van der Waals surface area contributed by atoms with Gasteiger partial charge in [0.1, 0.15) is 6.04 Å². The van der Waals surface area contributed by atoms with Crippen molar-refractivity contribution in [3.63, 3.8) is 0 Å². The van der Waals surface area contributed by atoms with E-state index in [0.717, 1.165) is 26.2 Å². The third-order valence-corrected chi connectivity index (χ3v) is 2.63. The van der Waals surface area contributed by atoms with Crippen LogP contribution in [0.25, 0.3) is 0 Å². The molecule has 1 N–H and O–H groups in total. The third-order valence-electron chi connectivity index (χ3n) is 2.63. The summed E-state index contributed by atoms with van der Waals surface area (Å²) >= 11 is 0. The topological polar surface area (TPSA) is 35.6 Å². The van der Waals surface area contributed by atoms with Gasteiger partial charge in [0, 0.05) is 26.2 Å². The number of hydrogen-bond acceptors (Lipinski definition) is 3. The molecule has 1 aliphatic rings. The molecule has 0 aromatic carbocycles. The van der Waals surface area contributed by atoms with Crippen molar-refractivity contribution < 1.29 is 4.79 Å². The number of hydrogen-bond donors (Lipinski definition) is 1. The Labute approximate surface area is 85.6 Å². The standard InChI is InChI=1S/C10H19N3O/c1-4-9(11-2)10(14)13-7-5-12(3)6-8-13/h4,9,11H,1,5-8H2,2-3H3/t9-/m1/s1. The van der Waals surface area contributed by atoms with Crippen LogP contribution in [0.15, 0.2) is 12.7 Å². The molecule has 1 rings (SSSR count). The van der Waals surface area contributed by atoms with Crippen molar-refractivity contribution in [3.05, 3.63) is 12.7 Å². The number of rotatable bonds is 3. The van der Waals surface area contributed by atoms with Crippen molar-refractivity contribution in [1.82, 2.24) is 15.1 Å². The average molecular weight is 197 g/mol. The summed E-state index contributed by atoms with van der Waals surface area (Å²) in [4.78, 5) is 16.0. The SMILES string of the molecule is C=C[C@@H](NC)C(=O)N1CCN(C)CC1. The van der Waals surface area contributed by atoms with Gasteiger partial charge in [-0.25, -0.2) is 0 Å². The molecule has 1 fully saturated rings. The van der Waals surface area contributed by atoms with Gasteiger partial charge in [-0.1, -0.05) is 6.08 Å². The van der Waals surface area contributed by atoms with Crippen molar-refractivity contribution in [2.24, 2.45) is 0 Å².